The topological polar surface area (TPSA) is 40.5 Å². The Morgan fingerprint density at radius 2 is 2.15 bits per heavy atom. The Hall–Kier alpha value is -0.570. The SMILES string of the molecule is CC(C)C(=O)N1CCC(O)C(C)C1. The summed E-state index contributed by atoms with van der Waals surface area (Å²) in [6.07, 6.45) is 0.496. The third-order valence-corrected chi connectivity index (χ3v) is 2.67. The molecule has 0 aromatic carbocycles. The third kappa shape index (κ3) is 2.44. The molecular formula is C10H19NO2. The number of hydrogen-bond donors (Lipinski definition) is 1. The predicted octanol–water partition coefficient (Wildman–Crippen LogP) is 0.872. The van der Waals surface area contributed by atoms with Crippen LogP contribution in [-0.4, -0.2) is 35.1 Å². The molecule has 76 valence electrons. The maximum atomic E-state index is 11.6. The molecule has 0 saturated carbocycles. The van der Waals surface area contributed by atoms with Gasteiger partial charge in [0.25, 0.3) is 0 Å². The Labute approximate surface area is 79.7 Å². The van der Waals surface area contributed by atoms with Crippen LogP contribution in [0.3, 0.4) is 0 Å². The Bertz CT molecular complexity index is 191. The molecule has 1 fully saturated rings. The van der Waals surface area contributed by atoms with Crippen LogP contribution >= 0.6 is 0 Å². The number of nitrogens with zero attached hydrogens (tertiary/aromatic N) is 1. The summed E-state index contributed by atoms with van der Waals surface area (Å²) in [6, 6.07) is 0. The van der Waals surface area contributed by atoms with Gasteiger partial charge in [-0.1, -0.05) is 20.8 Å². The Balaban J connectivity index is 2.50. The van der Waals surface area contributed by atoms with Crippen LogP contribution in [0.5, 0.6) is 0 Å². The zero-order valence-corrected chi connectivity index (χ0v) is 8.66. The van der Waals surface area contributed by atoms with Crippen LogP contribution in [0.1, 0.15) is 27.2 Å². The minimum Gasteiger partial charge on any atom is -0.393 e. The quantitative estimate of drug-likeness (QED) is 0.658. The number of piperidine rings is 1. The maximum Gasteiger partial charge on any atom is 0.225 e. The average molecular weight is 185 g/mol. The Kier molecular flexibility index (Phi) is 3.31. The van der Waals surface area contributed by atoms with E-state index in [1.807, 2.05) is 25.7 Å². The second-order valence-electron chi connectivity index (χ2n) is 4.27. The number of rotatable bonds is 1. The van der Waals surface area contributed by atoms with E-state index in [9.17, 15) is 9.90 Å². The summed E-state index contributed by atoms with van der Waals surface area (Å²) in [4.78, 5) is 13.5. The largest absolute Gasteiger partial charge is 0.393 e. The molecule has 1 heterocycles. The lowest BCUT2D eigenvalue weighted by Gasteiger charge is -2.35. The van der Waals surface area contributed by atoms with Crippen LogP contribution in [0, 0.1) is 11.8 Å². The van der Waals surface area contributed by atoms with Gasteiger partial charge in [0.05, 0.1) is 6.10 Å². The number of carbonyl (C=O) groups is 1. The second kappa shape index (κ2) is 4.09. The molecule has 0 aromatic rings. The first kappa shape index (κ1) is 10.5. The molecule has 0 aliphatic carbocycles. The zero-order valence-electron chi connectivity index (χ0n) is 8.66. The van der Waals surface area contributed by atoms with Crippen molar-refractivity contribution in [3.8, 4) is 0 Å². The van der Waals surface area contributed by atoms with E-state index in [-0.39, 0.29) is 23.8 Å². The van der Waals surface area contributed by atoms with Crippen LogP contribution in [0.15, 0.2) is 0 Å². The van der Waals surface area contributed by atoms with Crippen LogP contribution < -0.4 is 0 Å². The zero-order chi connectivity index (χ0) is 10.0. The molecule has 1 aliphatic rings. The number of hydrogen-bond acceptors (Lipinski definition) is 2. The normalized spacial score (nSPS) is 29.5. The van der Waals surface area contributed by atoms with Crippen LogP contribution in [0.4, 0.5) is 0 Å². The fourth-order valence-corrected chi connectivity index (χ4v) is 1.70. The van der Waals surface area contributed by atoms with E-state index >= 15 is 0 Å². The fourth-order valence-electron chi connectivity index (χ4n) is 1.70. The lowest BCUT2D eigenvalue weighted by atomic mass is 9.96. The van der Waals surface area contributed by atoms with Gasteiger partial charge in [-0.25, -0.2) is 0 Å². The first-order valence-electron chi connectivity index (χ1n) is 4.99. The Morgan fingerprint density at radius 1 is 1.54 bits per heavy atom. The molecule has 1 aliphatic heterocycles. The van der Waals surface area contributed by atoms with E-state index in [1.165, 1.54) is 0 Å². The molecule has 0 aromatic heterocycles. The molecule has 0 bridgehead atoms. The highest BCUT2D eigenvalue weighted by Gasteiger charge is 2.27. The average Bonchev–Trinajstić information content (AvgIpc) is 2.08. The maximum absolute atomic E-state index is 11.6. The van der Waals surface area contributed by atoms with Gasteiger partial charge in [-0.15, -0.1) is 0 Å². The van der Waals surface area contributed by atoms with Crippen molar-refractivity contribution in [3.63, 3.8) is 0 Å². The molecule has 0 radical (unpaired) electrons. The van der Waals surface area contributed by atoms with Gasteiger partial charge in [0, 0.05) is 19.0 Å². The van der Waals surface area contributed by atoms with Gasteiger partial charge in [-0.2, -0.15) is 0 Å². The second-order valence-corrected chi connectivity index (χ2v) is 4.27. The van der Waals surface area contributed by atoms with E-state index in [0.29, 0.717) is 13.1 Å². The van der Waals surface area contributed by atoms with Gasteiger partial charge >= 0.3 is 0 Å². The molecule has 1 amide bonds. The van der Waals surface area contributed by atoms with Crippen LogP contribution in [-0.2, 0) is 4.79 Å². The van der Waals surface area contributed by atoms with Gasteiger partial charge in [-0.05, 0) is 12.3 Å². The molecular weight excluding hydrogens is 166 g/mol. The monoisotopic (exact) mass is 185 g/mol. The highest BCUT2D eigenvalue weighted by molar-refractivity contribution is 5.78. The van der Waals surface area contributed by atoms with E-state index in [2.05, 4.69) is 0 Å². The van der Waals surface area contributed by atoms with Gasteiger partial charge < -0.3 is 10.0 Å². The standard InChI is InChI=1S/C10H19NO2/c1-7(2)10(13)11-5-4-9(12)8(3)6-11/h7-9,12H,4-6H2,1-3H3. The summed E-state index contributed by atoms with van der Waals surface area (Å²) in [6.45, 7) is 7.24. The van der Waals surface area contributed by atoms with Gasteiger partial charge in [-0.3, -0.25) is 4.79 Å². The van der Waals surface area contributed by atoms with Crippen molar-refractivity contribution >= 4 is 5.91 Å². The highest BCUT2D eigenvalue weighted by Crippen LogP contribution is 2.17. The van der Waals surface area contributed by atoms with Crippen molar-refractivity contribution in [2.24, 2.45) is 11.8 Å². The summed E-state index contributed by atoms with van der Waals surface area (Å²) >= 11 is 0. The molecule has 2 unspecified atom stereocenters. The molecule has 0 spiro atoms. The van der Waals surface area contributed by atoms with Crippen molar-refractivity contribution < 1.29 is 9.90 Å². The van der Waals surface area contributed by atoms with Gasteiger partial charge in [0.2, 0.25) is 5.91 Å². The Morgan fingerprint density at radius 3 is 2.62 bits per heavy atom. The van der Waals surface area contributed by atoms with Crippen LogP contribution in [0.2, 0.25) is 0 Å². The molecule has 13 heavy (non-hydrogen) atoms. The predicted molar refractivity (Wildman–Crippen MR) is 51.2 cm³/mol. The number of aliphatic hydroxyl groups excluding tert-OH is 1. The lowest BCUT2D eigenvalue weighted by molar-refractivity contribution is -0.138. The minimum absolute atomic E-state index is 0.0717. The smallest absolute Gasteiger partial charge is 0.225 e. The first-order valence-corrected chi connectivity index (χ1v) is 4.99. The molecule has 3 nitrogen and oxygen atoms in total. The van der Waals surface area contributed by atoms with Crippen molar-refractivity contribution in [2.75, 3.05) is 13.1 Å². The number of likely N-dealkylation sites (tertiary alicyclic amines) is 1. The molecule has 1 N–H and O–H groups in total. The summed E-state index contributed by atoms with van der Waals surface area (Å²) in [5.41, 5.74) is 0. The highest BCUT2D eigenvalue weighted by atomic mass is 16.3. The molecule has 2 atom stereocenters. The minimum atomic E-state index is -0.226. The lowest BCUT2D eigenvalue weighted by Crippen LogP contribution is -2.46. The van der Waals surface area contributed by atoms with Gasteiger partial charge in [0.15, 0.2) is 0 Å². The van der Waals surface area contributed by atoms with E-state index < -0.39 is 0 Å². The first-order chi connectivity index (χ1) is 6.02. The number of carbonyl (C=O) groups excluding carboxylic acids is 1. The fraction of sp³-hybridized carbons (Fsp3) is 0.900. The van der Waals surface area contributed by atoms with Crippen molar-refractivity contribution in [1.82, 2.24) is 4.90 Å². The third-order valence-electron chi connectivity index (χ3n) is 2.67. The van der Waals surface area contributed by atoms with Crippen LogP contribution in [0.25, 0.3) is 0 Å². The van der Waals surface area contributed by atoms with Crippen molar-refractivity contribution in [1.29, 1.82) is 0 Å². The van der Waals surface area contributed by atoms with E-state index in [4.69, 9.17) is 0 Å². The molecule has 1 rings (SSSR count). The van der Waals surface area contributed by atoms with E-state index in [1.54, 1.807) is 0 Å². The summed E-state index contributed by atoms with van der Waals surface area (Å²) in [7, 11) is 0. The molecule has 1 saturated heterocycles. The molecule has 3 heteroatoms. The number of aliphatic hydroxyl groups is 1. The summed E-state index contributed by atoms with van der Waals surface area (Å²) in [5, 5.41) is 9.48. The van der Waals surface area contributed by atoms with Gasteiger partial charge in [0.1, 0.15) is 0 Å². The van der Waals surface area contributed by atoms with E-state index in [0.717, 1.165) is 6.42 Å². The summed E-state index contributed by atoms with van der Waals surface area (Å²) in [5.74, 6) is 0.498. The van der Waals surface area contributed by atoms with Crippen molar-refractivity contribution in [3.05, 3.63) is 0 Å². The van der Waals surface area contributed by atoms with Crippen molar-refractivity contribution in [2.45, 2.75) is 33.3 Å². The number of amides is 1. The summed E-state index contributed by atoms with van der Waals surface area (Å²) < 4.78 is 0.